The molecule has 0 spiro atoms. The number of H-pyrrole nitrogens is 1. The van der Waals surface area contributed by atoms with Crippen LogP contribution in [-0.2, 0) is 11.3 Å². The van der Waals surface area contributed by atoms with E-state index in [-0.39, 0.29) is 0 Å². The van der Waals surface area contributed by atoms with E-state index in [2.05, 4.69) is 21.8 Å². The SMILES string of the molecule is Cc1[nH]cnc1CN1CCOCC1. The van der Waals surface area contributed by atoms with Gasteiger partial charge in [-0.05, 0) is 6.92 Å². The molecule has 1 aromatic heterocycles. The van der Waals surface area contributed by atoms with E-state index in [0.717, 1.165) is 38.5 Å². The number of nitrogens with zero attached hydrogens (tertiary/aromatic N) is 2. The van der Waals surface area contributed by atoms with Crippen LogP contribution in [0.15, 0.2) is 6.33 Å². The third-order valence-corrected chi connectivity index (χ3v) is 2.41. The average molecular weight is 181 g/mol. The van der Waals surface area contributed by atoms with Crippen molar-refractivity contribution >= 4 is 0 Å². The van der Waals surface area contributed by atoms with Gasteiger partial charge in [0.25, 0.3) is 0 Å². The maximum atomic E-state index is 5.28. The summed E-state index contributed by atoms with van der Waals surface area (Å²) in [7, 11) is 0. The second-order valence-electron chi connectivity index (χ2n) is 3.36. The zero-order chi connectivity index (χ0) is 9.10. The minimum absolute atomic E-state index is 0.851. The molecule has 1 saturated heterocycles. The highest BCUT2D eigenvalue weighted by atomic mass is 16.5. The molecule has 2 heterocycles. The Morgan fingerprint density at radius 3 is 2.92 bits per heavy atom. The highest BCUT2D eigenvalue weighted by Crippen LogP contribution is 2.06. The van der Waals surface area contributed by atoms with Gasteiger partial charge >= 0.3 is 0 Å². The number of imidazole rings is 1. The summed E-state index contributed by atoms with van der Waals surface area (Å²) in [6.45, 7) is 6.74. The van der Waals surface area contributed by atoms with E-state index in [9.17, 15) is 0 Å². The molecule has 2 rings (SSSR count). The molecule has 4 nitrogen and oxygen atoms in total. The van der Waals surface area contributed by atoms with Gasteiger partial charge in [0.15, 0.2) is 0 Å². The van der Waals surface area contributed by atoms with Crippen molar-refractivity contribution in [3.05, 3.63) is 17.7 Å². The van der Waals surface area contributed by atoms with Crippen LogP contribution in [0.3, 0.4) is 0 Å². The molecule has 1 N–H and O–H groups in total. The molecule has 0 bridgehead atoms. The molecule has 1 aromatic rings. The van der Waals surface area contributed by atoms with Gasteiger partial charge in [-0.2, -0.15) is 0 Å². The molecule has 1 aliphatic rings. The molecule has 0 unspecified atom stereocenters. The third-order valence-electron chi connectivity index (χ3n) is 2.41. The van der Waals surface area contributed by atoms with Crippen molar-refractivity contribution in [3.8, 4) is 0 Å². The second-order valence-corrected chi connectivity index (χ2v) is 3.36. The lowest BCUT2D eigenvalue weighted by molar-refractivity contribution is 0.0336. The van der Waals surface area contributed by atoms with Gasteiger partial charge in [-0.3, -0.25) is 4.90 Å². The number of hydrogen-bond acceptors (Lipinski definition) is 3. The summed E-state index contributed by atoms with van der Waals surface area (Å²) in [6, 6.07) is 0. The zero-order valence-corrected chi connectivity index (χ0v) is 7.92. The number of aromatic nitrogens is 2. The van der Waals surface area contributed by atoms with Crippen LogP contribution in [0.2, 0.25) is 0 Å². The van der Waals surface area contributed by atoms with Crippen molar-refractivity contribution in [3.63, 3.8) is 0 Å². The van der Waals surface area contributed by atoms with Crippen molar-refractivity contribution in [2.75, 3.05) is 26.3 Å². The van der Waals surface area contributed by atoms with Gasteiger partial charge in [0, 0.05) is 25.3 Å². The molecule has 1 aliphatic heterocycles. The first-order chi connectivity index (χ1) is 6.36. The van der Waals surface area contributed by atoms with Gasteiger partial charge in [-0.1, -0.05) is 0 Å². The summed E-state index contributed by atoms with van der Waals surface area (Å²) in [5.41, 5.74) is 2.33. The Morgan fingerprint density at radius 1 is 1.54 bits per heavy atom. The molecule has 0 amide bonds. The van der Waals surface area contributed by atoms with Gasteiger partial charge in [0.05, 0.1) is 25.2 Å². The molecule has 0 saturated carbocycles. The normalized spacial score (nSPS) is 19.2. The first-order valence-corrected chi connectivity index (χ1v) is 4.65. The summed E-state index contributed by atoms with van der Waals surface area (Å²) >= 11 is 0. The first-order valence-electron chi connectivity index (χ1n) is 4.65. The van der Waals surface area contributed by atoms with Crippen LogP contribution >= 0.6 is 0 Å². The minimum atomic E-state index is 0.851. The van der Waals surface area contributed by atoms with Gasteiger partial charge in [0.2, 0.25) is 0 Å². The highest BCUT2D eigenvalue weighted by Gasteiger charge is 2.12. The third kappa shape index (κ3) is 2.08. The van der Waals surface area contributed by atoms with Crippen LogP contribution in [0, 0.1) is 6.92 Å². The van der Waals surface area contributed by atoms with E-state index in [1.807, 2.05) is 0 Å². The topological polar surface area (TPSA) is 41.2 Å². The minimum Gasteiger partial charge on any atom is -0.379 e. The number of rotatable bonds is 2. The Bertz CT molecular complexity index is 266. The molecule has 1 fully saturated rings. The van der Waals surface area contributed by atoms with E-state index in [0.29, 0.717) is 0 Å². The maximum absolute atomic E-state index is 5.28. The van der Waals surface area contributed by atoms with Gasteiger partial charge in [0.1, 0.15) is 0 Å². The van der Waals surface area contributed by atoms with E-state index in [1.165, 1.54) is 5.69 Å². The van der Waals surface area contributed by atoms with Gasteiger partial charge in [-0.25, -0.2) is 4.98 Å². The van der Waals surface area contributed by atoms with Crippen LogP contribution in [0.4, 0.5) is 0 Å². The Hall–Kier alpha value is -0.870. The lowest BCUT2D eigenvalue weighted by Gasteiger charge is -2.25. The standard InChI is InChI=1S/C9H15N3O/c1-8-9(11-7-10-8)6-12-2-4-13-5-3-12/h7H,2-6H2,1H3,(H,10,11). The summed E-state index contributed by atoms with van der Waals surface area (Å²) in [5.74, 6) is 0. The number of morpholine rings is 1. The Balaban J connectivity index is 1.93. The Kier molecular flexibility index (Phi) is 2.61. The van der Waals surface area contributed by atoms with Crippen LogP contribution < -0.4 is 0 Å². The monoisotopic (exact) mass is 181 g/mol. The highest BCUT2D eigenvalue weighted by molar-refractivity contribution is 5.08. The number of ether oxygens (including phenoxy) is 1. The fourth-order valence-corrected chi connectivity index (χ4v) is 1.52. The average Bonchev–Trinajstić information content (AvgIpc) is 2.54. The lowest BCUT2D eigenvalue weighted by Crippen LogP contribution is -2.35. The molecule has 0 aliphatic carbocycles. The molecule has 0 radical (unpaired) electrons. The number of hydrogen-bond donors (Lipinski definition) is 1. The molecule has 72 valence electrons. The fraction of sp³-hybridized carbons (Fsp3) is 0.667. The van der Waals surface area contributed by atoms with Crippen molar-refractivity contribution in [1.29, 1.82) is 0 Å². The first kappa shape index (κ1) is 8.72. The van der Waals surface area contributed by atoms with Crippen LogP contribution in [0.5, 0.6) is 0 Å². The van der Waals surface area contributed by atoms with E-state index in [1.54, 1.807) is 6.33 Å². The molecular weight excluding hydrogens is 166 g/mol. The van der Waals surface area contributed by atoms with Crippen LogP contribution in [-0.4, -0.2) is 41.2 Å². The van der Waals surface area contributed by atoms with Crippen LogP contribution in [0.25, 0.3) is 0 Å². The van der Waals surface area contributed by atoms with Crippen molar-refractivity contribution in [2.24, 2.45) is 0 Å². The Labute approximate surface area is 77.9 Å². The number of aromatic amines is 1. The summed E-state index contributed by atoms with van der Waals surface area (Å²) in [4.78, 5) is 9.73. The number of nitrogens with one attached hydrogen (secondary N) is 1. The summed E-state index contributed by atoms with van der Waals surface area (Å²) in [5, 5.41) is 0. The van der Waals surface area contributed by atoms with Crippen LogP contribution in [0.1, 0.15) is 11.4 Å². The maximum Gasteiger partial charge on any atom is 0.0925 e. The molecule has 0 atom stereocenters. The van der Waals surface area contributed by atoms with Crippen molar-refractivity contribution in [2.45, 2.75) is 13.5 Å². The van der Waals surface area contributed by atoms with E-state index >= 15 is 0 Å². The quantitative estimate of drug-likeness (QED) is 0.724. The predicted octanol–water partition coefficient (Wildman–Crippen LogP) is 0.550. The Morgan fingerprint density at radius 2 is 2.31 bits per heavy atom. The smallest absolute Gasteiger partial charge is 0.0925 e. The van der Waals surface area contributed by atoms with Gasteiger partial charge in [-0.15, -0.1) is 0 Å². The molecule has 4 heteroatoms. The van der Waals surface area contributed by atoms with Crippen molar-refractivity contribution in [1.82, 2.24) is 14.9 Å². The summed E-state index contributed by atoms with van der Waals surface area (Å²) < 4.78 is 5.28. The van der Waals surface area contributed by atoms with E-state index < -0.39 is 0 Å². The fourth-order valence-electron chi connectivity index (χ4n) is 1.52. The molecular formula is C9H15N3O. The van der Waals surface area contributed by atoms with Gasteiger partial charge < -0.3 is 9.72 Å². The lowest BCUT2D eigenvalue weighted by atomic mass is 10.3. The van der Waals surface area contributed by atoms with E-state index in [4.69, 9.17) is 4.74 Å². The summed E-state index contributed by atoms with van der Waals surface area (Å²) in [6.07, 6.45) is 1.76. The second kappa shape index (κ2) is 3.89. The predicted molar refractivity (Wildman–Crippen MR) is 49.4 cm³/mol. The van der Waals surface area contributed by atoms with Crippen molar-refractivity contribution < 1.29 is 4.74 Å². The largest absolute Gasteiger partial charge is 0.379 e. The molecule has 0 aromatic carbocycles. The number of aryl methyl sites for hydroxylation is 1. The zero-order valence-electron chi connectivity index (χ0n) is 7.92. The molecule has 13 heavy (non-hydrogen) atoms.